The van der Waals surface area contributed by atoms with E-state index in [0.29, 0.717) is 10.6 Å². The van der Waals surface area contributed by atoms with Crippen molar-refractivity contribution in [3.63, 3.8) is 0 Å². The molecule has 1 aromatic heterocycles. The first kappa shape index (κ1) is 21.3. The summed E-state index contributed by atoms with van der Waals surface area (Å²) in [4.78, 5) is 22.9. The lowest BCUT2D eigenvalue weighted by Gasteiger charge is -2.10. The highest BCUT2D eigenvalue weighted by molar-refractivity contribution is 6.34. The Labute approximate surface area is 183 Å². The first-order chi connectivity index (χ1) is 15.1. The second kappa shape index (κ2) is 7.97. The van der Waals surface area contributed by atoms with Crippen molar-refractivity contribution in [3.8, 4) is 11.3 Å². The van der Waals surface area contributed by atoms with Crippen molar-refractivity contribution in [2.75, 3.05) is 5.01 Å². The Hall–Kier alpha value is -3.92. The maximum absolute atomic E-state index is 13.5. The number of furan rings is 1. The molecule has 3 aromatic rings. The van der Waals surface area contributed by atoms with Gasteiger partial charge in [-0.15, -0.1) is 0 Å². The van der Waals surface area contributed by atoms with Crippen molar-refractivity contribution in [1.82, 2.24) is 0 Å². The molecule has 0 saturated heterocycles. The van der Waals surface area contributed by atoms with E-state index in [9.17, 15) is 28.1 Å². The smallest absolute Gasteiger partial charge is 0.435 e. The fourth-order valence-corrected chi connectivity index (χ4v) is 3.30. The fraction of sp³-hybridized carbons (Fsp3) is 0.0476. The average Bonchev–Trinajstić information content (AvgIpc) is 3.33. The first-order valence-electron chi connectivity index (χ1n) is 8.96. The van der Waals surface area contributed by atoms with Gasteiger partial charge in [0.15, 0.2) is 5.71 Å². The zero-order valence-corrected chi connectivity index (χ0v) is 16.6. The number of para-hydroxylation sites is 1. The standard InChI is InChI=1S/C21H11ClF3N3O4/c22-17-10-13(28(30)31)6-8-15(17)18-9-7-14(32-18)11-16-19(21(23,24)25)26-27(20(16)29)12-4-2-1-3-5-12/h1-11H/b16-11-. The van der Waals surface area contributed by atoms with Crippen LogP contribution in [-0.4, -0.2) is 22.7 Å². The molecule has 4 rings (SSSR count). The van der Waals surface area contributed by atoms with E-state index in [1.54, 1.807) is 18.2 Å². The van der Waals surface area contributed by atoms with Gasteiger partial charge in [-0.2, -0.15) is 23.3 Å². The zero-order chi connectivity index (χ0) is 23.0. The molecule has 1 aliphatic heterocycles. The molecular weight excluding hydrogens is 451 g/mol. The Morgan fingerprint density at radius 3 is 2.44 bits per heavy atom. The van der Waals surface area contributed by atoms with E-state index >= 15 is 0 Å². The number of non-ortho nitro benzene ring substituents is 1. The van der Waals surface area contributed by atoms with Crippen LogP contribution in [0.2, 0.25) is 5.02 Å². The molecule has 0 saturated carbocycles. The summed E-state index contributed by atoms with van der Waals surface area (Å²) >= 11 is 6.07. The summed E-state index contributed by atoms with van der Waals surface area (Å²) in [7, 11) is 0. The summed E-state index contributed by atoms with van der Waals surface area (Å²) < 4.78 is 46.2. The molecule has 1 amide bonds. The lowest BCUT2D eigenvalue weighted by molar-refractivity contribution is -0.384. The van der Waals surface area contributed by atoms with Gasteiger partial charge in [0.2, 0.25) is 0 Å². The Bertz CT molecular complexity index is 1280. The topological polar surface area (TPSA) is 88.9 Å². The largest absolute Gasteiger partial charge is 0.457 e. The second-order valence-corrected chi connectivity index (χ2v) is 6.99. The van der Waals surface area contributed by atoms with E-state index < -0.39 is 28.3 Å². The molecule has 32 heavy (non-hydrogen) atoms. The van der Waals surface area contributed by atoms with Crippen LogP contribution in [0.25, 0.3) is 17.4 Å². The molecule has 11 heteroatoms. The van der Waals surface area contributed by atoms with Crippen molar-refractivity contribution >= 4 is 40.7 Å². The molecule has 0 atom stereocenters. The van der Waals surface area contributed by atoms with Crippen LogP contribution in [0, 0.1) is 10.1 Å². The molecule has 7 nitrogen and oxygen atoms in total. The van der Waals surface area contributed by atoms with Crippen LogP contribution in [0.5, 0.6) is 0 Å². The van der Waals surface area contributed by atoms with E-state index in [2.05, 4.69) is 5.10 Å². The third kappa shape index (κ3) is 4.00. The summed E-state index contributed by atoms with van der Waals surface area (Å²) in [5.41, 5.74) is -1.78. The Balaban J connectivity index is 1.71. The number of hydrogen-bond donors (Lipinski definition) is 0. The number of hydrogen-bond acceptors (Lipinski definition) is 5. The Morgan fingerprint density at radius 2 is 1.81 bits per heavy atom. The number of nitrogens with zero attached hydrogens (tertiary/aromatic N) is 3. The number of rotatable bonds is 4. The zero-order valence-electron chi connectivity index (χ0n) is 15.8. The lowest BCUT2D eigenvalue weighted by Crippen LogP contribution is -2.25. The van der Waals surface area contributed by atoms with Gasteiger partial charge in [0.25, 0.3) is 11.6 Å². The SMILES string of the molecule is O=C1/C(=C\c2ccc(-c3ccc([N+](=O)[O-])cc3Cl)o2)C(C(F)(F)F)=NN1c1ccccc1. The van der Waals surface area contributed by atoms with Gasteiger partial charge in [0.1, 0.15) is 11.5 Å². The maximum Gasteiger partial charge on any atom is 0.435 e. The number of nitro groups is 1. The van der Waals surface area contributed by atoms with Gasteiger partial charge in [-0.3, -0.25) is 14.9 Å². The predicted octanol–water partition coefficient (Wildman–Crippen LogP) is 5.86. The van der Waals surface area contributed by atoms with E-state index in [4.69, 9.17) is 16.0 Å². The minimum Gasteiger partial charge on any atom is -0.457 e. The number of amides is 1. The van der Waals surface area contributed by atoms with Gasteiger partial charge in [-0.05, 0) is 36.4 Å². The van der Waals surface area contributed by atoms with E-state index in [-0.39, 0.29) is 27.9 Å². The van der Waals surface area contributed by atoms with Crippen molar-refractivity contribution in [3.05, 3.63) is 87.1 Å². The van der Waals surface area contributed by atoms with Crippen LogP contribution in [0.4, 0.5) is 24.5 Å². The molecule has 0 unspecified atom stereocenters. The van der Waals surface area contributed by atoms with Crippen molar-refractivity contribution in [2.45, 2.75) is 6.18 Å². The Morgan fingerprint density at radius 1 is 1.09 bits per heavy atom. The molecule has 0 spiro atoms. The predicted molar refractivity (Wildman–Crippen MR) is 111 cm³/mol. The van der Waals surface area contributed by atoms with Gasteiger partial charge in [-0.25, -0.2) is 0 Å². The van der Waals surface area contributed by atoms with Crippen LogP contribution < -0.4 is 5.01 Å². The summed E-state index contributed by atoms with van der Waals surface area (Å²) in [6.07, 6.45) is -3.93. The van der Waals surface area contributed by atoms with Crippen LogP contribution in [0.1, 0.15) is 5.76 Å². The van der Waals surface area contributed by atoms with Crippen LogP contribution in [0.15, 0.2) is 75.8 Å². The molecular formula is C21H11ClF3N3O4. The molecule has 2 aromatic carbocycles. The maximum atomic E-state index is 13.5. The number of nitro benzene ring substituents is 1. The van der Waals surface area contributed by atoms with Crippen LogP contribution in [0.3, 0.4) is 0 Å². The third-order valence-corrected chi connectivity index (χ3v) is 4.80. The molecule has 162 valence electrons. The summed E-state index contributed by atoms with van der Waals surface area (Å²) in [6.45, 7) is 0. The highest BCUT2D eigenvalue weighted by Gasteiger charge is 2.47. The minimum atomic E-state index is -4.87. The second-order valence-electron chi connectivity index (χ2n) is 6.58. The number of benzene rings is 2. The number of anilines is 1. The van der Waals surface area contributed by atoms with Crippen molar-refractivity contribution < 1.29 is 27.3 Å². The highest BCUT2D eigenvalue weighted by Crippen LogP contribution is 2.35. The molecule has 0 fully saturated rings. The van der Waals surface area contributed by atoms with Gasteiger partial charge in [0.05, 0.1) is 21.2 Å². The molecule has 0 N–H and O–H groups in total. The monoisotopic (exact) mass is 461 g/mol. The van der Waals surface area contributed by atoms with Gasteiger partial charge in [0, 0.05) is 17.7 Å². The molecule has 1 aliphatic rings. The summed E-state index contributed by atoms with van der Waals surface area (Å²) in [5.74, 6) is -0.855. The molecule has 0 radical (unpaired) electrons. The van der Waals surface area contributed by atoms with E-state index in [1.807, 2.05) is 0 Å². The van der Waals surface area contributed by atoms with Crippen LogP contribution in [-0.2, 0) is 4.79 Å². The summed E-state index contributed by atoms with van der Waals surface area (Å²) in [6, 6.07) is 14.2. The first-order valence-corrected chi connectivity index (χ1v) is 9.34. The van der Waals surface area contributed by atoms with Crippen molar-refractivity contribution in [1.29, 1.82) is 0 Å². The number of halogens is 4. The number of hydrazone groups is 1. The fourth-order valence-electron chi connectivity index (χ4n) is 3.03. The van der Waals surface area contributed by atoms with E-state index in [1.165, 1.54) is 36.4 Å². The molecule has 2 heterocycles. The highest BCUT2D eigenvalue weighted by atomic mass is 35.5. The lowest BCUT2D eigenvalue weighted by atomic mass is 10.1. The third-order valence-electron chi connectivity index (χ3n) is 4.49. The quantitative estimate of drug-likeness (QED) is 0.276. The van der Waals surface area contributed by atoms with Crippen molar-refractivity contribution in [2.24, 2.45) is 5.10 Å². The Kier molecular flexibility index (Phi) is 5.31. The minimum absolute atomic E-state index is 0.0255. The van der Waals surface area contributed by atoms with E-state index in [0.717, 1.165) is 12.1 Å². The summed E-state index contributed by atoms with van der Waals surface area (Å²) in [5, 5.41) is 15.0. The number of carbonyl (C=O) groups excluding carboxylic acids is 1. The van der Waals surface area contributed by atoms with Gasteiger partial charge < -0.3 is 4.42 Å². The molecule has 0 aliphatic carbocycles. The van der Waals surface area contributed by atoms with Crippen LogP contribution >= 0.6 is 11.6 Å². The normalized spacial score (nSPS) is 15.4. The van der Waals surface area contributed by atoms with Gasteiger partial charge in [-0.1, -0.05) is 29.8 Å². The number of carbonyl (C=O) groups is 1. The van der Waals surface area contributed by atoms with Gasteiger partial charge >= 0.3 is 6.18 Å². The average molecular weight is 462 g/mol. The molecule has 0 bridgehead atoms. The number of alkyl halides is 3.